The van der Waals surface area contributed by atoms with Gasteiger partial charge in [0, 0.05) is 41.8 Å². The Bertz CT molecular complexity index is 815. The van der Waals surface area contributed by atoms with Crippen LogP contribution in [-0.2, 0) is 12.5 Å². The maximum Gasteiger partial charge on any atom is 0.191 e. The van der Waals surface area contributed by atoms with E-state index in [4.69, 9.17) is 4.99 Å². The summed E-state index contributed by atoms with van der Waals surface area (Å²) in [4.78, 5) is 7.13. The van der Waals surface area contributed by atoms with Crippen molar-refractivity contribution in [1.29, 1.82) is 0 Å². The molecule has 6 nitrogen and oxygen atoms in total. The predicted octanol–water partition coefficient (Wildman–Crippen LogP) is 3.69. The number of nitrogens with one attached hydrogen (secondary N) is 2. The molecular formula is C21H32BrIN6. The van der Waals surface area contributed by atoms with Crippen LogP contribution in [0.2, 0.25) is 0 Å². The maximum absolute atomic E-state index is 4.93. The molecule has 0 amide bonds. The number of halogens is 2. The molecule has 0 bridgehead atoms. The molecule has 0 saturated heterocycles. The number of nitrogens with zero attached hydrogens (tertiary/aromatic N) is 4. The molecule has 3 rings (SSSR count). The summed E-state index contributed by atoms with van der Waals surface area (Å²) >= 11 is 3.71. The van der Waals surface area contributed by atoms with E-state index in [-0.39, 0.29) is 35.4 Å². The van der Waals surface area contributed by atoms with Crippen molar-refractivity contribution in [3.63, 3.8) is 0 Å². The number of aromatic nitrogens is 2. The minimum absolute atomic E-state index is 0. The molecule has 1 aromatic heterocycles. The van der Waals surface area contributed by atoms with Crippen LogP contribution in [0, 0.1) is 0 Å². The van der Waals surface area contributed by atoms with E-state index in [0.29, 0.717) is 0 Å². The summed E-state index contributed by atoms with van der Waals surface area (Å²) in [6.45, 7) is 4.51. The quantitative estimate of drug-likeness (QED) is 0.287. The van der Waals surface area contributed by atoms with E-state index in [1.807, 2.05) is 17.9 Å². The SMILES string of the molecule is CCNC(=NCC1(c2ccccc2Br)CC1)NCC(c1cnn(C)c1)N(C)C.I. The van der Waals surface area contributed by atoms with Crippen molar-refractivity contribution in [3.05, 3.63) is 52.3 Å². The smallest absolute Gasteiger partial charge is 0.191 e. The molecule has 1 saturated carbocycles. The molecule has 2 aromatic rings. The topological polar surface area (TPSA) is 57.5 Å². The van der Waals surface area contributed by atoms with Crippen molar-refractivity contribution >= 4 is 45.9 Å². The van der Waals surface area contributed by atoms with Crippen LogP contribution >= 0.6 is 39.9 Å². The standard InChI is InChI=1S/C21H31BrN6.HI/c1-5-23-20(24-13-19(27(2)3)16-12-26-28(4)14-16)25-15-21(10-11-21)17-8-6-7-9-18(17)22;/h6-9,12,14,19H,5,10-11,13,15H2,1-4H3,(H2,23,24,25);1H. The zero-order chi connectivity index (χ0) is 20.1. The highest BCUT2D eigenvalue weighted by Crippen LogP contribution is 2.50. The van der Waals surface area contributed by atoms with Gasteiger partial charge in [0.25, 0.3) is 0 Å². The Balaban J connectivity index is 0.00000300. The van der Waals surface area contributed by atoms with Crippen LogP contribution in [0.1, 0.15) is 36.9 Å². The second-order valence-corrected chi connectivity index (χ2v) is 8.62. The molecule has 0 aliphatic heterocycles. The minimum atomic E-state index is 0. The molecular weight excluding hydrogens is 543 g/mol. The summed E-state index contributed by atoms with van der Waals surface area (Å²) in [5.41, 5.74) is 2.74. The van der Waals surface area contributed by atoms with Gasteiger partial charge in [0.1, 0.15) is 0 Å². The van der Waals surface area contributed by atoms with Gasteiger partial charge in [-0.2, -0.15) is 5.10 Å². The Morgan fingerprint density at radius 3 is 2.59 bits per heavy atom. The third-order valence-corrected chi connectivity index (χ3v) is 6.07. The zero-order valence-electron chi connectivity index (χ0n) is 17.7. The molecule has 2 N–H and O–H groups in total. The minimum Gasteiger partial charge on any atom is -0.357 e. The predicted molar refractivity (Wildman–Crippen MR) is 134 cm³/mol. The first-order valence-corrected chi connectivity index (χ1v) is 10.7. The van der Waals surface area contributed by atoms with Crippen LogP contribution in [0.3, 0.4) is 0 Å². The van der Waals surface area contributed by atoms with E-state index < -0.39 is 0 Å². The Hall–Kier alpha value is -1.13. The molecule has 29 heavy (non-hydrogen) atoms. The third-order valence-electron chi connectivity index (χ3n) is 5.38. The fourth-order valence-electron chi connectivity index (χ4n) is 3.53. The molecule has 1 aliphatic carbocycles. The van der Waals surface area contributed by atoms with Gasteiger partial charge in [-0.25, -0.2) is 0 Å². The number of likely N-dealkylation sites (N-methyl/N-ethyl adjacent to an activating group) is 1. The second-order valence-electron chi connectivity index (χ2n) is 7.76. The van der Waals surface area contributed by atoms with E-state index in [1.54, 1.807) is 0 Å². The number of aliphatic imine (C=N–C) groups is 1. The van der Waals surface area contributed by atoms with Crippen LogP contribution in [0.25, 0.3) is 0 Å². The lowest BCUT2D eigenvalue weighted by molar-refractivity contribution is 0.298. The summed E-state index contributed by atoms with van der Waals surface area (Å²) in [6.07, 6.45) is 6.38. The van der Waals surface area contributed by atoms with Crippen molar-refractivity contribution in [2.24, 2.45) is 12.0 Å². The molecule has 160 valence electrons. The van der Waals surface area contributed by atoms with E-state index >= 15 is 0 Å². The molecule has 1 fully saturated rings. The number of hydrogen-bond donors (Lipinski definition) is 2. The van der Waals surface area contributed by atoms with Crippen LogP contribution in [0.5, 0.6) is 0 Å². The van der Waals surface area contributed by atoms with Gasteiger partial charge >= 0.3 is 0 Å². The first-order chi connectivity index (χ1) is 13.4. The van der Waals surface area contributed by atoms with Gasteiger partial charge in [-0.05, 0) is 45.5 Å². The molecule has 1 atom stereocenters. The summed E-state index contributed by atoms with van der Waals surface area (Å²) in [6, 6.07) is 8.76. The van der Waals surface area contributed by atoms with Gasteiger partial charge < -0.3 is 15.5 Å². The highest BCUT2D eigenvalue weighted by atomic mass is 127. The summed E-state index contributed by atoms with van der Waals surface area (Å²) in [5, 5.41) is 11.2. The Morgan fingerprint density at radius 2 is 2.03 bits per heavy atom. The number of guanidine groups is 1. The molecule has 1 unspecified atom stereocenters. The molecule has 0 radical (unpaired) electrons. The van der Waals surface area contributed by atoms with Crippen LogP contribution in [0.4, 0.5) is 0 Å². The number of hydrogen-bond acceptors (Lipinski definition) is 3. The summed E-state index contributed by atoms with van der Waals surface area (Å²) < 4.78 is 3.03. The highest BCUT2D eigenvalue weighted by Gasteiger charge is 2.45. The lowest BCUT2D eigenvalue weighted by Crippen LogP contribution is -2.42. The van der Waals surface area contributed by atoms with Gasteiger partial charge in [0.05, 0.1) is 18.8 Å². The maximum atomic E-state index is 4.93. The lowest BCUT2D eigenvalue weighted by Gasteiger charge is -2.25. The Labute approximate surface area is 199 Å². The fourth-order valence-corrected chi connectivity index (χ4v) is 4.24. The molecule has 1 heterocycles. The molecule has 1 aromatic carbocycles. The Morgan fingerprint density at radius 1 is 1.31 bits per heavy atom. The normalized spacial score (nSPS) is 16.3. The zero-order valence-corrected chi connectivity index (χ0v) is 21.6. The second kappa shape index (κ2) is 10.8. The van der Waals surface area contributed by atoms with Gasteiger partial charge in [-0.15, -0.1) is 24.0 Å². The van der Waals surface area contributed by atoms with Crippen molar-refractivity contribution in [1.82, 2.24) is 25.3 Å². The average molecular weight is 575 g/mol. The van der Waals surface area contributed by atoms with E-state index in [2.05, 4.69) is 88.0 Å². The van der Waals surface area contributed by atoms with E-state index in [1.165, 1.54) is 28.4 Å². The van der Waals surface area contributed by atoms with Gasteiger partial charge in [-0.3, -0.25) is 9.67 Å². The Kier molecular flexibility index (Phi) is 8.96. The van der Waals surface area contributed by atoms with Crippen molar-refractivity contribution < 1.29 is 0 Å². The van der Waals surface area contributed by atoms with Gasteiger partial charge in [0.2, 0.25) is 0 Å². The van der Waals surface area contributed by atoms with Gasteiger partial charge in [-0.1, -0.05) is 34.1 Å². The van der Waals surface area contributed by atoms with Crippen LogP contribution in [0.15, 0.2) is 46.1 Å². The third kappa shape index (κ3) is 6.18. The van der Waals surface area contributed by atoms with Crippen LogP contribution in [-0.4, -0.2) is 54.4 Å². The highest BCUT2D eigenvalue weighted by molar-refractivity contribution is 14.0. The average Bonchev–Trinajstić information content (AvgIpc) is 3.33. The number of benzene rings is 1. The molecule has 0 spiro atoms. The van der Waals surface area contributed by atoms with E-state index in [9.17, 15) is 0 Å². The molecule has 1 aliphatic rings. The summed E-state index contributed by atoms with van der Waals surface area (Å²) in [7, 11) is 6.14. The molecule has 8 heteroatoms. The summed E-state index contributed by atoms with van der Waals surface area (Å²) in [5.74, 6) is 0.872. The van der Waals surface area contributed by atoms with Crippen molar-refractivity contribution in [3.8, 4) is 0 Å². The number of aryl methyl sites for hydroxylation is 1. The largest absolute Gasteiger partial charge is 0.357 e. The first-order valence-electron chi connectivity index (χ1n) is 9.87. The lowest BCUT2D eigenvalue weighted by atomic mass is 9.96. The van der Waals surface area contributed by atoms with Crippen molar-refractivity contribution in [2.75, 3.05) is 33.7 Å². The monoisotopic (exact) mass is 574 g/mol. The fraction of sp³-hybridized carbons (Fsp3) is 0.524. The first kappa shape index (κ1) is 24.1. The van der Waals surface area contributed by atoms with Crippen molar-refractivity contribution in [2.45, 2.75) is 31.2 Å². The van der Waals surface area contributed by atoms with Gasteiger partial charge in [0.15, 0.2) is 5.96 Å². The number of rotatable bonds is 8. The van der Waals surface area contributed by atoms with Crippen LogP contribution < -0.4 is 10.6 Å². The van der Waals surface area contributed by atoms with E-state index in [0.717, 1.165) is 25.6 Å².